The van der Waals surface area contributed by atoms with Crippen molar-refractivity contribution in [2.75, 3.05) is 12.3 Å². The summed E-state index contributed by atoms with van der Waals surface area (Å²) in [6.45, 7) is 0.462. The number of hydrogen-bond acceptors (Lipinski definition) is 8. The number of halogens is 5. The molecule has 3 N–H and O–H groups in total. The molecule has 1 aromatic carbocycles. The van der Waals surface area contributed by atoms with Crippen LogP contribution in [0.15, 0.2) is 24.4 Å². The SMILES string of the molecule is CCc1nc2nc(N)c(Cl)cn2c1C(=O)NCc1ccc(-c2nc3n(n2)CCN(S(=O)(=O)C(F)(F)F)C3)c(F)c1. The van der Waals surface area contributed by atoms with Gasteiger partial charge in [0.1, 0.15) is 23.2 Å². The highest BCUT2D eigenvalue weighted by Crippen LogP contribution is 2.30. The van der Waals surface area contributed by atoms with Crippen molar-refractivity contribution in [1.82, 2.24) is 38.8 Å². The maximum atomic E-state index is 15.0. The van der Waals surface area contributed by atoms with Crippen LogP contribution in [-0.2, 0) is 36.1 Å². The van der Waals surface area contributed by atoms with E-state index in [2.05, 4.69) is 25.4 Å². The zero-order valence-electron chi connectivity index (χ0n) is 20.6. The number of amides is 1. The lowest BCUT2D eigenvalue weighted by molar-refractivity contribution is -0.0496. The molecule has 4 aromatic rings. The summed E-state index contributed by atoms with van der Waals surface area (Å²) in [4.78, 5) is 25.5. The standard InChI is InChI=1S/C22H20ClF4N9O3S/c1-2-15-17(35-9-13(23)18(28)32-21(35)30-15)20(37)29-8-11-3-4-12(14(24)7-11)19-31-16-10-34(5-6-36(16)33-19)40(38,39)22(25,26)27/h3-4,7,9H,2,5-6,8,10H2,1H3,(H,29,37)(H2,28,30,32). The van der Waals surface area contributed by atoms with Gasteiger partial charge in [-0.05, 0) is 24.1 Å². The van der Waals surface area contributed by atoms with Crippen LogP contribution in [0.25, 0.3) is 17.2 Å². The largest absolute Gasteiger partial charge is 0.511 e. The van der Waals surface area contributed by atoms with E-state index in [0.717, 1.165) is 6.07 Å². The fourth-order valence-corrected chi connectivity index (χ4v) is 5.23. The van der Waals surface area contributed by atoms with Gasteiger partial charge in [-0.25, -0.2) is 27.5 Å². The van der Waals surface area contributed by atoms with Gasteiger partial charge in [0.15, 0.2) is 5.82 Å². The number of nitrogen functional groups attached to an aromatic ring is 1. The molecule has 0 fully saturated rings. The Balaban J connectivity index is 1.32. The lowest BCUT2D eigenvalue weighted by Gasteiger charge is -2.26. The molecule has 0 saturated carbocycles. The summed E-state index contributed by atoms with van der Waals surface area (Å²) in [6.07, 6.45) is 1.86. The van der Waals surface area contributed by atoms with E-state index in [1.807, 2.05) is 6.92 Å². The molecule has 0 bridgehead atoms. The molecular formula is C22H20ClF4N9O3S. The zero-order valence-corrected chi connectivity index (χ0v) is 22.1. The third kappa shape index (κ3) is 4.84. The van der Waals surface area contributed by atoms with Crippen LogP contribution in [0.3, 0.4) is 0 Å². The molecule has 0 radical (unpaired) electrons. The van der Waals surface area contributed by atoms with Gasteiger partial charge in [0.05, 0.1) is 29.4 Å². The number of rotatable bonds is 6. The van der Waals surface area contributed by atoms with Gasteiger partial charge in [-0.15, -0.1) is 0 Å². The van der Waals surface area contributed by atoms with Gasteiger partial charge in [-0.2, -0.15) is 27.6 Å². The van der Waals surface area contributed by atoms with Crippen molar-refractivity contribution < 1.29 is 30.8 Å². The maximum absolute atomic E-state index is 15.0. The van der Waals surface area contributed by atoms with Crippen molar-refractivity contribution >= 4 is 39.1 Å². The fraction of sp³-hybridized carbons (Fsp3) is 0.318. The van der Waals surface area contributed by atoms with Gasteiger partial charge < -0.3 is 11.1 Å². The van der Waals surface area contributed by atoms with Gasteiger partial charge in [0.2, 0.25) is 5.78 Å². The van der Waals surface area contributed by atoms with E-state index in [9.17, 15) is 26.4 Å². The number of benzene rings is 1. The second-order valence-electron chi connectivity index (χ2n) is 8.76. The minimum absolute atomic E-state index is 0.0458. The Labute approximate surface area is 228 Å². The molecule has 1 amide bonds. The molecular weight excluding hydrogens is 582 g/mol. The van der Waals surface area contributed by atoms with Gasteiger partial charge in [0, 0.05) is 19.3 Å². The van der Waals surface area contributed by atoms with Crippen LogP contribution in [0.4, 0.5) is 23.4 Å². The van der Waals surface area contributed by atoms with Crippen molar-refractivity contribution in [3.05, 3.63) is 58.0 Å². The molecule has 0 atom stereocenters. The third-order valence-electron chi connectivity index (χ3n) is 6.21. The number of anilines is 1. The molecule has 0 aliphatic carbocycles. The van der Waals surface area contributed by atoms with Crippen LogP contribution in [0.1, 0.15) is 34.5 Å². The normalized spacial score (nSPS) is 14.4. The van der Waals surface area contributed by atoms with Gasteiger partial charge in [0.25, 0.3) is 5.91 Å². The molecule has 5 rings (SSSR count). The average molecular weight is 602 g/mol. The number of aryl methyl sites for hydroxylation is 1. The summed E-state index contributed by atoms with van der Waals surface area (Å²) < 4.78 is 80.2. The minimum Gasteiger partial charge on any atom is -0.382 e. The summed E-state index contributed by atoms with van der Waals surface area (Å²) in [7, 11) is -5.54. The molecule has 3 aromatic heterocycles. The first-order chi connectivity index (χ1) is 18.8. The molecule has 0 spiro atoms. The van der Waals surface area contributed by atoms with E-state index in [4.69, 9.17) is 17.3 Å². The quantitative estimate of drug-likeness (QED) is 0.320. The van der Waals surface area contributed by atoms with Gasteiger partial charge in [-0.1, -0.05) is 24.6 Å². The molecule has 40 heavy (non-hydrogen) atoms. The van der Waals surface area contributed by atoms with Crippen LogP contribution in [0, 0.1) is 5.82 Å². The average Bonchev–Trinajstić information content (AvgIpc) is 3.47. The van der Waals surface area contributed by atoms with Crippen molar-refractivity contribution in [2.45, 2.75) is 38.5 Å². The van der Waals surface area contributed by atoms with Crippen molar-refractivity contribution in [3.8, 4) is 11.4 Å². The van der Waals surface area contributed by atoms with Crippen molar-refractivity contribution in [3.63, 3.8) is 0 Å². The van der Waals surface area contributed by atoms with Gasteiger partial charge >= 0.3 is 15.5 Å². The molecule has 0 saturated heterocycles. The highest BCUT2D eigenvalue weighted by atomic mass is 35.5. The van der Waals surface area contributed by atoms with Crippen LogP contribution >= 0.6 is 11.6 Å². The third-order valence-corrected chi connectivity index (χ3v) is 8.08. The van der Waals surface area contributed by atoms with E-state index < -0.39 is 40.3 Å². The summed E-state index contributed by atoms with van der Waals surface area (Å²) in [5.74, 6) is -1.14. The number of sulfonamides is 1. The van der Waals surface area contributed by atoms with Crippen LogP contribution in [-0.4, -0.2) is 59.8 Å². The van der Waals surface area contributed by atoms with E-state index >= 15 is 4.39 Å². The molecule has 0 unspecified atom stereocenters. The number of carbonyl (C=O) groups is 1. The first-order valence-corrected chi connectivity index (χ1v) is 13.5. The summed E-state index contributed by atoms with van der Waals surface area (Å²) in [5.41, 5.74) is 1.30. The predicted octanol–water partition coefficient (Wildman–Crippen LogP) is 2.52. The lowest BCUT2D eigenvalue weighted by atomic mass is 10.1. The zero-order chi connectivity index (χ0) is 29.0. The number of fused-ring (bicyclic) bond motifs is 2. The molecule has 1 aliphatic heterocycles. The molecule has 18 heteroatoms. The number of nitrogens with zero attached hydrogens (tertiary/aromatic N) is 7. The highest BCUT2D eigenvalue weighted by molar-refractivity contribution is 7.89. The fourth-order valence-electron chi connectivity index (χ4n) is 4.19. The number of hydrogen-bond donors (Lipinski definition) is 2. The first kappa shape index (κ1) is 27.7. The minimum atomic E-state index is -5.54. The highest BCUT2D eigenvalue weighted by Gasteiger charge is 2.50. The van der Waals surface area contributed by atoms with Crippen molar-refractivity contribution in [1.29, 1.82) is 0 Å². The van der Waals surface area contributed by atoms with Crippen LogP contribution in [0.5, 0.6) is 0 Å². The smallest absolute Gasteiger partial charge is 0.382 e. The Bertz CT molecular complexity index is 1750. The van der Waals surface area contributed by atoms with E-state index in [-0.39, 0.29) is 56.9 Å². The van der Waals surface area contributed by atoms with Crippen molar-refractivity contribution in [2.24, 2.45) is 0 Å². The number of imidazole rings is 1. The number of aromatic nitrogens is 6. The number of alkyl halides is 3. The topological polar surface area (TPSA) is 153 Å². The monoisotopic (exact) mass is 601 g/mol. The molecule has 4 heterocycles. The molecule has 212 valence electrons. The lowest BCUT2D eigenvalue weighted by Crippen LogP contribution is -2.44. The second-order valence-corrected chi connectivity index (χ2v) is 11.1. The Kier molecular flexibility index (Phi) is 6.91. The van der Waals surface area contributed by atoms with E-state index in [1.165, 1.54) is 27.4 Å². The number of carbonyl (C=O) groups excluding carboxylic acids is 1. The Hall–Kier alpha value is -3.83. The predicted molar refractivity (Wildman–Crippen MR) is 134 cm³/mol. The maximum Gasteiger partial charge on any atom is 0.511 e. The Morgan fingerprint density at radius 2 is 1.95 bits per heavy atom. The first-order valence-electron chi connectivity index (χ1n) is 11.7. The molecule has 12 nitrogen and oxygen atoms in total. The summed E-state index contributed by atoms with van der Waals surface area (Å²) in [5, 5.41) is 6.96. The van der Waals surface area contributed by atoms with Crippen LogP contribution in [0.2, 0.25) is 5.02 Å². The van der Waals surface area contributed by atoms with E-state index in [1.54, 1.807) is 0 Å². The Morgan fingerprint density at radius 1 is 1.20 bits per heavy atom. The van der Waals surface area contributed by atoms with E-state index in [0.29, 0.717) is 17.7 Å². The second kappa shape index (κ2) is 9.97. The summed E-state index contributed by atoms with van der Waals surface area (Å²) >= 11 is 6.06. The Morgan fingerprint density at radius 3 is 2.62 bits per heavy atom. The molecule has 1 aliphatic rings. The number of nitrogens with two attached hydrogens (primary N) is 1. The van der Waals surface area contributed by atoms with Crippen LogP contribution < -0.4 is 11.1 Å². The van der Waals surface area contributed by atoms with Gasteiger partial charge in [-0.3, -0.25) is 9.20 Å². The summed E-state index contributed by atoms with van der Waals surface area (Å²) in [6, 6.07) is 4.04. The number of nitrogens with one attached hydrogen (secondary N) is 1.